The highest BCUT2D eigenvalue weighted by atomic mass is 35.5. The zero-order valence-corrected chi connectivity index (χ0v) is 14.6. The van der Waals surface area contributed by atoms with Crippen LogP contribution in [0, 0.1) is 0 Å². The minimum atomic E-state index is -0.274. The first-order valence-corrected chi connectivity index (χ1v) is 8.71. The van der Waals surface area contributed by atoms with E-state index < -0.39 is 0 Å². The molecule has 0 bridgehead atoms. The first-order valence-electron chi connectivity index (χ1n) is 7.45. The van der Waals surface area contributed by atoms with Crippen molar-refractivity contribution in [2.75, 3.05) is 10.6 Å². The molecule has 2 amide bonds. The Bertz CT molecular complexity index is 880. The maximum absolute atomic E-state index is 12.2. The van der Waals surface area contributed by atoms with E-state index in [4.69, 9.17) is 11.6 Å². The molecule has 0 saturated heterocycles. The maximum atomic E-state index is 12.2. The van der Waals surface area contributed by atoms with Gasteiger partial charge in [-0.1, -0.05) is 29.8 Å². The molecule has 0 radical (unpaired) electrons. The number of carbonyl (C=O) groups excluding carboxylic acids is 2. The van der Waals surface area contributed by atoms with Crippen LogP contribution >= 0.6 is 22.9 Å². The molecule has 2 N–H and O–H groups in total. The van der Waals surface area contributed by atoms with Gasteiger partial charge in [-0.05, 0) is 35.9 Å². The van der Waals surface area contributed by atoms with Crippen LogP contribution in [0.15, 0.2) is 60.1 Å². The van der Waals surface area contributed by atoms with E-state index in [1.54, 1.807) is 60.1 Å². The molecule has 0 aliphatic rings. The predicted octanol–water partition coefficient (Wildman–Crippen LogP) is 4.23. The van der Waals surface area contributed by atoms with Gasteiger partial charge in [-0.15, -0.1) is 11.3 Å². The fraction of sp³-hybridized carbons (Fsp3) is 0.0556. The van der Waals surface area contributed by atoms with Crippen molar-refractivity contribution in [2.24, 2.45) is 0 Å². The number of nitrogens with one attached hydrogen (secondary N) is 2. The van der Waals surface area contributed by atoms with Gasteiger partial charge in [0.2, 0.25) is 5.91 Å². The Morgan fingerprint density at radius 2 is 1.88 bits per heavy atom. The topological polar surface area (TPSA) is 71.1 Å². The number of thiazole rings is 1. The molecule has 0 atom stereocenters. The summed E-state index contributed by atoms with van der Waals surface area (Å²) in [5, 5.41) is 8.44. The number of rotatable bonds is 5. The van der Waals surface area contributed by atoms with E-state index >= 15 is 0 Å². The molecule has 3 aromatic rings. The highest BCUT2D eigenvalue weighted by Gasteiger charge is 2.10. The number of aromatic nitrogens is 1. The van der Waals surface area contributed by atoms with E-state index in [9.17, 15) is 9.59 Å². The van der Waals surface area contributed by atoms with Gasteiger partial charge < -0.3 is 5.32 Å². The highest BCUT2D eigenvalue weighted by molar-refractivity contribution is 7.13. The van der Waals surface area contributed by atoms with Crippen LogP contribution in [-0.4, -0.2) is 16.8 Å². The molecule has 2 aromatic carbocycles. The van der Waals surface area contributed by atoms with Gasteiger partial charge in [0.1, 0.15) is 0 Å². The zero-order valence-electron chi connectivity index (χ0n) is 13.0. The van der Waals surface area contributed by atoms with Gasteiger partial charge in [0.15, 0.2) is 5.13 Å². The smallest absolute Gasteiger partial charge is 0.257 e. The molecule has 0 fully saturated rings. The van der Waals surface area contributed by atoms with Gasteiger partial charge in [-0.3, -0.25) is 14.9 Å². The lowest BCUT2D eigenvalue weighted by molar-refractivity contribution is -0.115. The summed E-state index contributed by atoms with van der Waals surface area (Å²) in [6.45, 7) is 0. The van der Waals surface area contributed by atoms with Crippen molar-refractivity contribution in [2.45, 2.75) is 6.42 Å². The average Bonchev–Trinajstić information content (AvgIpc) is 3.10. The molecular weight excluding hydrogens is 358 g/mol. The first kappa shape index (κ1) is 17.1. The highest BCUT2D eigenvalue weighted by Crippen LogP contribution is 2.16. The Kier molecular flexibility index (Phi) is 5.42. The normalized spacial score (nSPS) is 10.3. The van der Waals surface area contributed by atoms with Crippen LogP contribution < -0.4 is 10.6 Å². The van der Waals surface area contributed by atoms with Gasteiger partial charge >= 0.3 is 0 Å². The molecule has 0 aliphatic heterocycles. The molecule has 1 aromatic heterocycles. The van der Waals surface area contributed by atoms with Gasteiger partial charge in [-0.25, -0.2) is 4.98 Å². The zero-order chi connectivity index (χ0) is 17.6. The second-order valence-corrected chi connectivity index (χ2v) is 6.55. The van der Waals surface area contributed by atoms with E-state index in [1.807, 2.05) is 0 Å². The Labute approximate surface area is 153 Å². The second kappa shape index (κ2) is 7.92. The van der Waals surface area contributed by atoms with Gasteiger partial charge in [0.25, 0.3) is 5.91 Å². The van der Waals surface area contributed by atoms with E-state index in [1.165, 1.54) is 11.3 Å². The number of amides is 2. The molecule has 0 spiro atoms. The van der Waals surface area contributed by atoms with E-state index in [0.717, 1.165) is 5.56 Å². The lowest BCUT2D eigenvalue weighted by Gasteiger charge is -2.08. The minimum absolute atomic E-state index is 0.167. The van der Waals surface area contributed by atoms with Crippen LogP contribution in [0.2, 0.25) is 5.02 Å². The van der Waals surface area contributed by atoms with Gasteiger partial charge in [-0.2, -0.15) is 0 Å². The molecule has 3 rings (SSSR count). The van der Waals surface area contributed by atoms with Crippen molar-refractivity contribution in [1.29, 1.82) is 0 Å². The SMILES string of the molecule is O=C(Cc1ccc(Cl)cc1)Nc1cccc(C(=O)Nc2nccs2)c1. The van der Waals surface area contributed by atoms with Crippen molar-refractivity contribution in [3.63, 3.8) is 0 Å². The quantitative estimate of drug-likeness (QED) is 0.705. The van der Waals surface area contributed by atoms with Crippen LogP contribution in [0.4, 0.5) is 10.8 Å². The summed E-state index contributed by atoms with van der Waals surface area (Å²) in [5.41, 5.74) is 1.87. The molecule has 7 heteroatoms. The molecule has 126 valence electrons. The van der Waals surface area contributed by atoms with E-state index in [0.29, 0.717) is 21.4 Å². The summed E-state index contributed by atoms with van der Waals surface area (Å²) in [6.07, 6.45) is 1.85. The monoisotopic (exact) mass is 371 g/mol. The number of halogens is 1. The third-order valence-corrected chi connectivity index (χ3v) is 4.28. The number of benzene rings is 2. The predicted molar refractivity (Wildman–Crippen MR) is 100 cm³/mol. The van der Waals surface area contributed by atoms with Crippen molar-refractivity contribution >= 4 is 45.6 Å². The lowest BCUT2D eigenvalue weighted by atomic mass is 10.1. The summed E-state index contributed by atoms with van der Waals surface area (Å²) < 4.78 is 0. The molecular formula is C18H14ClN3O2S. The molecule has 5 nitrogen and oxygen atoms in total. The Hall–Kier alpha value is -2.70. The number of carbonyl (C=O) groups is 2. The number of nitrogens with zero attached hydrogens (tertiary/aromatic N) is 1. The summed E-state index contributed by atoms with van der Waals surface area (Å²) in [6, 6.07) is 13.9. The molecule has 0 unspecified atom stereocenters. The summed E-state index contributed by atoms with van der Waals surface area (Å²) in [4.78, 5) is 28.4. The molecule has 0 saturated carbocycles. The second-order valence-electron chi connectivity index (χ2n) is 5.22. The first-order chi connectivity index (χ1) is 12.1. The van der Waals surface area contributed by atoms with E-state index in [2.05, 4.69) is 15.6 Å². The van der Waals surface area contributed by atoms with E-state index in [-0.39, 0.29) is 18.2 Å². The van der Waals surface area contributed by atoms with Crippen LogP contribution in [0.25, 0.3) is 0 Å². The third kappa shape index (κ3) is 4.89. The van der Waals surface area contributed by atoms with Crippen molar-refractivity contribution < 1.29 is 9.59 Å². The molecule has 0 aliphatic carbocycles. The number of hydrogen-bond acceptors (Lipinski definition) is 4. The van der Waals surface area contributed by atoms with Crippen LogP contribution in [0.1, 0.15) is 15.9 Å². The molecule has 25 heavy (non-hydrogen) atoms. The van der Waals surface area contributed by atoms with Crippen molar-refractivity contribution in [3.8, 4) is 0 Å². The van der Waals surface area contributed by atoms with Crippen molar-refractivity contribution in [1.82, 2.24) is 4.98 Å². The number of hydrogen-bond donors (Lipinski definition) is 2. The summed E-state index contributed by atoms with van der Waals surface area (Å²) in [7, 11) is 0. The summed E-state index contributed by atoms with van der Waals surface area (Å²) >= 11 is 7.17. The fourth-order valence-corrected chi connectivity index (χ4v) is 2.84. The Morgan fingerprint density at radius 3 is 2.60 bits per heavy atom. The van der Waals surface area contributed by atoms with Crippen LogP contribution in [0.3, 0.4) is 0 Å². The van der Waals surface area contributed by atoms with Crippen LogP contribution in [-0.2, 0) is 11.2 Å². The van der Waals surface area contributed by atoms with Gasteiger partial charge in [0.05, 0.1) is 6.42 Å². The Morgan fingerprint density at radius 1 is 1.08 bits per heavy atom. The van der Waals surface area contributed by atoms with Gasteiger partial charge in [0, 0.05) is 27.9 Å². The van der Waals surface area contributed by atoms with Crippen molar-refractivity contribution in [3.05, 3.63) is 76.3 Å². The fourth-order valence-electron chi connectivity index (χ4n) is 2.19. The summed E-state index contributed by atoms with van der Waals surface area (Å²) in [5.74, 6) is -0.441. The maximum Gasteiger partial charge on any atom is 0.257 e. The molecule has 1 heterocycles. The third-order valence-electron chi connectivity index (χ3n) is 3.34. The Balaban J connectivity index is 1.63. The minimum Gasteiger partial charge on any atom is -0.326 e. The lowest BCUT2D eigenvalue weighted by Crippen LogP contribution is -2.16. The largest absolute Gasteiger partial charge is 0.326 e. The standard InChI is InChI=1S/C18H14ClN3O2S/c19-14-6-4-12(5-7-14)10-16(23)21-15-3-1-2-13(11-15)17(24)22-18-20-8-9-25-18/h1-9,11H,10H2,(H,21,23)(H,20,22,24). The van der Waals surface area contributed by atoms with Crippen LogP contribution in [0.5, 0.6) is 0 Å². The average molecular weight is 372 g/mol. The number of anilines is 2.